The van der Waals surface area contributed by atoms with E-state index in [1.807, 2.05) is 0 Å². The Bertz CT molecular complexity index is 880. The number of nitrogens with zero attached hydrogens (tertiary/aromatic N) is 2. The lowest BCUT2D eigenvalue weighted by Crippen LogP contribution is -1.98. The maximum absolute atomic E-state index is 11.0. The number of hydrogen-bond donors (Lipinski definition) is 0. The Morgan fingerprint density at radius 1 is 1.21 bits per heavy atom. The van der Waals surface area contributed by atoms with Gasteiger partial charge < -0.3 is 9.47 Å². The number of hydrogen-bond acceptors (Lipinski definition) is 8. The van der Waals surface area contributed by atoms with E-state index in [-0.39, 0.29) is 0 Å². The Balaban J connectivity index is 2.34. The summed E-state index contributed by atoms with van der Waals surface area (Å²) in [6, 6.07) is 7.28. The highest BCUT2D eigenvalue weighted by molar-refractivity contribution is 8.18. The molecule has 0 unspecified atom stereocenters. The van der Waals surface area contributed by atoms with E-state index in [9.17, 15) is 13.7 Å². The molecule has 0 atom stereocenters. The molecule has 1 aliphatic rings. The van der Waals surface area contributed by atoms with Gasteiger partial charge in [-0.25, -0.2) is 0 Å². The molecule has 9 heteroatoms. The second-order valence-corrected chi connectivity index (χ2v) is 7.18. The third-order valence-corrected chi connectivity index (χ3v) is 4.21. The standard InChI is InChI=1S/C15H14N2O5S2/c1-20-12-5-4-10(8-13(12)21-2)11(9-16)14-6-7-15(23-14)17-22-24(3,18)19/h4-8H,1-3H3/b14-11-,17-15+. The van der Waals surface area contributed by atoms with Gasteiger partial charge in [0.05, 0.1) is 26.0 Å². The fraction of sp³-hybridized carbons (Fsp3) is 0.200. The van der Waals surface area contributed by atoms with Gasteiger partial charge in [-0.15, -0.1) is 0 Å². The molecule has 0 aliphatic carbocycles. The second-order valence-electron chi connectivity index (χ2n) is 4.56. The summed E-state index contributed by atoms with van der Waals surface area (Å²) in [6.45, 7) is 0. The molecule has 0 amide bonds. The van der Waals surface area contributed by atoms with Crippen LogP contribution in [0, 0.1) is 11.3 Å². The van der Waals surface area contributed by atoms with Crippen LogP contribution in [0.3, 0.4) is 0 Å². The van der Waals surface area contributed by atoms with Crippen molar-refractivity contribution < 1.29 is 22.2 Å². The van der Waals surface area contributed by atoms with E-state index in [0.717, 1.165) is 18.0 Å². The lowest BCUT2D eigenvalue weighted by Gasteiger charge is -2.09. The molecular weight excluding hydrogens is 352 g/mol. The van der Waals surface area contributed by atoms with Crippen LogP contribution in [0.4, 0.5) is 0 Å². The van der Waals surface area contributed by atoms with Gasteiger partial charge in [0, 0.05) is 4.91 Å². The van der Waals surface area contributed by atoms with Gasteiger partial charge in [-0.3, -0.25) is 4.28 Å². The topological polar surface area (TPSA) is 98.0 Å². The van der Waals surface area contributed by atoms with Crippen molar-refractivity contribution in [1.82, 2.24) is 0 Å². The zero-order valence-electron chi connectivity index (χ0n) is 13.1. The van der Waals surface area contributed by atoms with Crippen LogP contribution in [-0.4, -0.2) is 33.9 Å². The molecule has 0 spiro atoms. The average molecular weight is 366 g/mol. The molecule has 2 rings (SSSR count). The van der Waals surface area contributed by atoms with Gasteiger partial charge in [0.25, 0.3) is 0 Å². The fourth-order valence-corrected chi connectivity index (χ4v) is 2.97. The number of allylic oxidation sites excluding steroid dienone is 2. The number of nitriles is 1. The summed E-state index contributed by atoms with van der Waals surface area (Å²) in [6.07, 6.45) is 4.15. The normalized spacial score (nSPS) is 17.5. The fourth-order valence-electron chi connectivity index (χ4n) is 1.87. The summed E-state index contributed by atoms with van der Waals surface area (Å²) < 4.78 is 36.7. The predicted octanol–water partition coefficient (Wildman–Crippen LogP) is 2.53. The van der Waals surface area contributed by atoms with E-state index in [1.54, 1.807) is 30.4 Å². The molecule has 0 saturated carbocycles. The summed E-state index contributed by atoms with van der Waals surface area (Å²) in [4.78, 5) is 0.626. The molecule has 126 valence electrons. The minimum Gasteiger partial charge on any atom is -0.493 e. The van der Waals surface area contributed by atoms with E-state index in [1.165, 1.54) is 14.2 Å². The van der Waals surface area contributed by atoms with Crippen molar-refractivity contribution in [3.63, 3.8) is 0 Å². The van der Waals surface area contributed by atoms with Gasteiger partial charge in [0.15, 0.2) is 11.5 Å². The molecular formula is C15H14N2O5S2. The first kappa shape index (κ1) is 17.9. The smallest absolute Gasteiger partial charge is 0.325 e. The molecule has 0 fully saturated rings. The van der Waals surface area contributed by atoms with E-state index in [0.29, 0.717) is 32.6 Å². The Kier molecular flexibility index (Phi) is 5.54. The van der Waals surface area contributed by atoms with Crippen LogP contribution in [0.25, 0.3) is 5.57 Å². The first-order valence-corrected chi connectivity index (χ1v) is 9.20. The zero-order valence-corrected chi connectivity index (χ0v) is 14.8. The van der Waals surface area contributed by atoms with Crippen molar-refractivity contribution in [3.05, 3.63) is 40.8 Å². The van der Waals surface area contributed by atoms with Crippen LogP contribution in [0.15, 0.2) is 40.4 Å². The number of rotatable bonds is 5. The van der Waals surface area contributed by atoms with Crippen LogP contribution in [-0.2, 0) is 14.4 Å². The van der Waals surface area contributed by atoms with Gasteiger partial charge >= 0.3 is 10.1 Å². The monoisotopic (exact) mass is 366 g/mol. The Morgan fingerprint density at radius 3 is 2.50 bits per heavy atom. The minimum atomic E-state index is -3.67. The zero-order chi connectivity index (χ0) is 17.7. The van der Waals surface area contributed by atoms with Crippen molar-refractivity contribution >= 4 is 32.5 Å². The Labute approximate surface area is 144 Å². The quantitative estimate of drug-likeness (QED) is 0.583. The lowest BCUT2D eigenvalue weighted by molar-refractivity contribution is 0.345. The van der Waals surface area contributed by atoms with E-state index < -0.39 is 10.1 Å². The van der Waals surface area contributed by atoms with Crippen molar-refractivity contribution in [2.24, 2.45) is 5.16 Å². The van der Waals surface area contributed by atoms with Gasteiger partial charge in [-0.1, -0.05) is 16.9 Å². The van der Waals surface area contributed by atoms with E-state index in [4.69, 9.17) is 9.47 Å². The van der Waals surface area contributed by atoms with Crippen LogP contribution < -0.4 is 9.47 Å². The molecule has 7 nitrogen and oxygen atoms in total. The molecule has 1 heterocycles. The Hall–Kier alpha value is -2.44. The number of benzene rings is 1. The largest absolute Gasteiger partial charge is 0.493 e. The molecule has 0 saturated heterocycles. The lowest BCUT2D eigenvalue weighted by atomic mass is 10.1. The number of ether oxygens (including phenoxy) is 2. The maximum Gasteiger partial charge on any atom is 0.325 e. The summed E-state index contributed by atoms with van der Waals surface area (Å²) >= 11 is 1.14. The molecule has 1 aliphatic heterocycles. The van der Waals surface area contributed by atoms with Gasteiger partial charge in [0.2, 0.25) is 0 Å². The average Bonchev–Trinajstić information content (AvgIpc) is 3.01. The highest BCUT2D eigenvalue weighted by Crippen LogP contribution is 2.36. The molecule has 1 aromatic carbocycles. The number of methoxy groups -OCH3 is 2. The SMILES string of the molecule is COc1ccc(/C(C#N)=C2C=C/C(=N\OS(C)(=O)=O)S/2)cc1OC. The van der Waals surface area contributed by atoms with Gasteiger partial charge in [0.1, 0.15) is 11.1 Å². The van der Waals surface area contributed by atoms with Gasteiger partial charge in [-0.05, 0) is 35.9 Å². The van der Waals surface area contributed by atoms with Crippen molar-refractivity contribution in [3.8, 4) is 17.6 Å². The number of thioether (sulfide) groups is 1. The van der Waals surface area contributed by atoms with E-state index >= 15 is 0 Å². The minimum absolute atomic E-state index is 0.337. The highest BCUT2D eigenvalue weighted by atomic mass is 32.2. The molecule has 0 N–H and O–H groups in total. The summed E-state index contributed by atoms with van der Waals surface area (Å²) in [5.41, 5.74) is 1.05. The number of oxime groups is 1. The summed E-state index contributed by atoms with van der Waals surface area (Å²) in [5.74, 6) is 1.06. The van der Waals surface area contributed by atoms with Crippen LogP contribution in [0.1, 0.15) is 5.56 Å². The van der Waals surface area contributed by atoms with Crippen molar-refractivity contribution in [2.45, 2.75) is 0 Å². The van der Waals surface area contributed by atoms with Crippen LogP contribution in [0.2, 0.25) is 0 Å². The maximum atomic E-state index is 11.0. The molecule has 0 radical (unpaired) electrons. The first-order chi connectivity index (χ1) is 11.4. The second kappa shape index (κ2) is 7.42. The summed E-state index contributed by atoms with van der Waals surface area (Å²) in [7, 11) is -0.629. The van der Waals surface area contributed by atoms with Gasteiger partial charge in [-0.2, -0.15) is 13.7 Å². The van der Waals surface area contributed by atoms with Crippen LogP contribution in [0.5, 0.6) is 11.5 Å². The first-order valence-electron chi connectivity index (χ1n) is 6.57. The third-order valence-electron chi connectivity index (χ3n) is 2.88. The molecule has 0 bridgehead atoms. The molecule has 1 aromatic rings. The summed E-state index contributed by atoms with van der Waals surface area (Å²) in [5, 5.41) is 13.4. The van der Waals surface area contributed by atoms with Crippen LogP contribution >= 0.6 is 11.8 Å². The molecule has 24 heavy (non-hydrogen) atoms. The Morgan fingerprint density at radius 2 is 1.92 bits per heavy atom. The molecule has 0 aromatic heterocycles. The highest BCUT2D eigenvalue weighted by Gasteiger charge is 2.17. The van der Waals surface area contributed by atoms with Crippen molar-refractivity contribution in [2.75, 3.05) is 20.5 Å². The third kappa shape index (κ3) is 4.31. The predicted molar refractivity (Wildman–Crippen MR) is 92.2 cm³/mol. The van der Waals surface area contributed by atoms with Crippen molar-refractivity contribution in [1.29, 1.82) is 5.26 Å². The van der Waals surface area contributed by atoms with E-state index in [2.05, 4.69) is 15.5 Å².